The lowest BCUT2D eigenvalue weighted by Gasteiger charge is -2.31. The highest BCUT2D eigenvalue weighted by Gasteiger charge is 2.30. The van der Waals surface area contributed by atoms with Gasteiger partial charge in [-0.2, -0.15) is 4.31 Å². The van der Waals surface area contributed by atoms with Gasteiger partial charge in [0.15, 0.2) is 0 Å². The van der Waals surface area contributed by atoms with Crippen molar-refractivity contribution in [3.63, 3.8) is 0 Å². The summed E-state index contributed by atoms with van der Waals surface area (Å²) in [4.78, 5) is 13.2. The van der Waals surface area contributed by atoms with Gasteiger partial charge in [0.25, 0.3) is 5.69 Å². The Kier molecular flexibility index (Phi) is 6.74. The molecule has 0 aromatic heterocycles. The van der Waals surface area contributed by atoms with Gasteiger partial charge in [-0.05, 0) is 38.1 Å². The number of benzene rings is 2. The van der Waals surface area contributed by atoms with Gasteiger partial charge in [0.1, 0.15) is 5.69 Å². The molecule has 162 valence electrons. The third-order valence-electron chi connectivity index (χ3n) is 5.48. The lowest BCUT2D eigenvalue weighted by Crippen LogP contribution is -2.47. The fourth-order valence-electron chi connectivity index (χ4n) is 3.53. The van der Waals surface area contributed by atoms with Crippen molar-refractivity contribution in [3.8, 4) is 0 Å². The quantitative estimate of drug-likeness (QED) is 0.532. The Hall–Kier alpha value is -2.49. The van der Waals surface area contributed by atoms with E-state index in [1.807, 2.05) is 45.2 Å². The van der Waals surface area contributed by atoms with E-state index in [-0.39, 0.29) is 16.6 Å². The highest BCUT2D eigenvalue weighted by Crippen LogP contribution is 2.33. The number of rotatable bonds is 7. The zero-order valence-corrected chi connectivity index (χ0v) is 18.4. The monoisotopic (exact) mass is 432 g/mol. The average molecular weight is 433 g/mol. The summed E-state index contributed by atoms with van der Waals surface area (Å²) in [5.41, 5.74) is 2.23. The van der Waals surface area contributed by atoms with Crippen LogP contribution in [0.5, 0.6) is 0 Å². The fourth-order valence-corrected chi connectivity index (χ4v) is 4.97. The van der Waals surface area contributed by atoms with Gasteiger partial charge in [0.05, 0.1) is 15.9 Å². The Morgan fingerprint density at radius 3 is 2.30 bits per heavy atom. The van der Waals surface area contributed by atoms with Crippen LogP contribution in [0.2, 0.25) is 0 Å². The minimum atomic E-state index is -3.77. The smallest absolute Gasteiger partial charge is 0.293 e. The van der Waals surface area contributed by atoms with Crippen molar-refractivity contribution in [2.75, 3.05) is 38.5 Å². The predicted octanol–water partition coefficient (Wildman–Crippen LogP) is 3.40. The minimum Gasteiger partial charge on any atom is -0.373 e. The topological polar surface area (TPSA) is 95.8 Å². The Balaban J connectivity index is 1.90. The van der Waals surface area contributed by atoms with Crippen LogP contribution in [0.3, 0.4) is 0 Å². The summed E-state index contributed by atoms with van der Waals surface area (Å²) in [6, 6.07) is 12.0. The van der Waals surface area contributed by atoms with Gasteiger partial charge in [0, 0.05) is 32.2 Å². The van der Waals surface area contributed by atoms with Crippen molar-refractivity contribution >= 4 is 21.4 Å². The molecule has 1 heterocycles. The number of anilines is 1. The van der Waals surface area contributed by atoms with E-state index in [0.29, 0.717) is 31.9 Å². The maximum atomic E-state index is 13.0. The number of aryl methyl sites for hydroxylation is 1. The number of hydrogen-bond donors (Lipinski definition) is 1. The zero-order chi connectivity index (χ0) is 21.9. The van der Waals surface area contributed by atoms with Crippen LogP contribution >= 0.6 is 0 Å². The molecule has 0 aliphatic carbocycles. The number of likely N-dealkylation sites (N-methyl/N-ethyl adjacent to an activating group) is 1. The normalized spacial score (nSPS) is 16.9. The molecule has 0 unspecified atom stereocenters. The number of nitro groups is 1. The SMILES string of the molecule is CC[C@@H](Nc1ccc(S(=O)(=O)N2CCN(C)CC2)cc1[N+](=O)[O-])c1ccc(C)cc1. The van der Waals surface area contributed by atoms with Crippen molar-refractivity contribution in [2.24, 2.45) is 0 Å². The molecule has 30 heavy (non-hydrogen) atoms. The Labute approximate surface area is 177 Å². The molecule has 1 aliphatic rings. The Bertz CT molecular complexity index is 1000. The average Bonchev–Trinajstić information content (AvgIpc) is 2.73. The van der Waals surface area contributed by atoms with Crippen molar-refractivity contribution < 1.29 is 13.3 Å². The number of hydrogen-bond acceptors (Lipinski definition) is 6. The van der Waals surface area contributed by atoms with Crippen LogP contribution in [0.25, 0.3) is 0 Å². The molecule has 2 aromatic carbocycles. The molecule has 0 amide bonds. The Morgan fingerprint density at radius 2 is 1.73 bits per heavy atom. The van der Waals surface area contributed by atoms with E-state index in [9.17, 15) is 18.5 Å². The van der Waals surface area contributed by atoms with Crippen LogP contribution in [0, 0.1) is 17.0 Å². The summed E-state index contributed by atoms with van der Waals surface area (Å²) in [6.45, 7) is 6.01. The van der Waals surface area contributed by atoms with Crippen molar-refractivity contribution in [1.29, 1.82) is 0 Å². The number of nitrogens with zero attached hydrogens (tertiary/aromatic N) is 3. The first-order valence-electron chi connectivity index (χ1n) is 10.0. The fraction of sp³-hybridized carbons (Fsp3) is 0.429. The van der Waals surface area contributed by atoms with E-state index in [4.69, 9.17) is 0 Å². The first-order valence-corrected chi connectivity index (χ1v) is 11.5. The molecule has 0 radical (unpaired) electrons. The molecule has 0 bridgehead atoms. The molecule has 1 saturated heterocycles. The van der Waals surface area contributed by atoms with E-state index in [1.54, 1.807) is 0 Å². The summed E-state index contributed by atoms with van der Waals surface area (Å²) in [5, 5.41) is 14.9. The van der Waals surface area contributed by atoms with E-state index < -0.39 is 14.9 Å². The summed E-state index contributed by atoms with van der Waals surface area (Å²) in [6.07, 6.45) is 0.724. The number of sulfonamides is 1. The number of nitrogens with one attached hydrogen (secondary N) is 1. The molecule has 3 rings (SSSR count). The van der Waals surface area contributed by atoms with Gasteiger partial charge in [-0.1, -0.05) is 36.8 Å². The first kappa shape index (κ1) is 22.2. The minimum absolute atomic E-state index is 0.0484. The lowest BCUT2D eigenvalue weighted by molar-refractivity contribution is -0.384. The number of nitro benzene ring substituents is 1. The predicted molar refractivity (Wildman–Crippen MR) is 117 cm³/mol. The van der Waals surface area contributed by atoms with Gasteiger partial charge in [0.2, 0.25) is 10.0 Å². The molecule has 1 aliphatic heterocycles. The van der Waals surface area contributed by atoms with Crippen LogP contribution in [0.15, 0.2) is 47.4 Å². The first-order chi connectivity index (χ1) is 14.2. The standard InChI is InChI=1S/C21H28N4O4S/c1-4-19(17-7-5-16(2)6-8-17)22-20-10-9-18(15-21(20)25(26)27)30(28,29)24-13-11-23(3)12-14-24/h5-10,15,19,22H,4,11-14H2,1-3H3/t19-/m1/s1. The van der Waals surface area contributed by atoms with Crippen LogP contribution in [-0.4, -0.2) is 55.8 Å². The van der Waals surface area contributed by atoms with Gasteiger partial charge in [-0.3, -0.25) is 10.1 Å². The molecule has 1 fully saturated rings. The molecule has 0 spiro atoms. The maximum absolute atomic E-state index is 13.0. The largest absolute Gasteiger partial charge is 0.373 e. The Morgan fingerprint density at radius 1 is 1.10 bits per heavy atom. The van der Waals surface area contributed by atoms with Gasteiger partial charge >= 0.3 is 0 Å². The summed E-state index contributed by atoms with van der Waals surface area (Å²) in [5.74, 6) is 0. The summed E-state index contributed by atoms with van der Waals surface area (Å²) >= 11 is 0. The van der Waals surface area contributed by atoms with Crippen molar-refractivity contribution in [1.82, 2.24) is 9.21 Å². The van der Waals surface area contributed by atoms with Crippen molar-refractivity contribution in [3.05, 3.63) is 63.7 Å². The third-order valence-corrected chi connectivity index (χ3v) is 7.38. The maximum Gasteiger partial charge on any atom is 0.293 e. The lowest BCUT2D eigenvalue weighted by atomic mass is 10.0. The van der Waals surface area contributed by atoms with Crippen LogP contribution in [0.1, 0.15) is 30.5 Å². The van der Waals surface area contributed by atoms with Crippen LogP contribution in [-0.2, 0) is 10.0 Å². The molecule has 1 N–H and O–H groups in total. The molecular formula is C21H28N4O4S. The second-order valence-electron chi connectivity index (χ2n) is 7.66. The zero-order valence-electron chi connectivity index (χ0n) is 17.5. The molecule has 8 nitrogen and oxygen atoms in total. The second-order valence-corrected chi connectivity index (χ2v) is 9.60. The molecule has 2 aromatic rings. The highest BCUT2D eigenvalue weighted by atomic mass is 32.2. The van der Waals surface area contributed by atoms with E-state index in [0.717, 1.165) is 23.6 Å². The summed E-state index contributed by atoms with van der Waals surface area (Å²) < 4.78 is 27.3. The van der Waals surface area contributed by atoms with Gasteiger partial charge in [-0.15, -0.1) is 0 Å². The third kappa shape index (κ3) is 4.80. The van der Waals surface area contributed by atoms with E-state index >= 15 is 0 Å². The number of piperazine rings is 1. The van der Waals surface area contributed by atoms with Gasteiger partial charge < -0.3 is 10.2 Å². The van der Waals surface area contributed by atoms with Crippen LogP contribution in [0.4, 0.5) is 11.4 Å². The molecular weight excluding hydrogens is 404 g/mol. The molecule has 9 heteroatoms. The van der Waals surface area contributed by atoms with E-state index in [2.05, 4.69) is 10.2 Å². The van der Waals surface area contributed by atoms with E-state index in [1.165, 1.54) is 16.4 Å². The molecule has 1 atom stereocenters. The summed E-state index contributed by atoms with van der Waals surface area (Å²) in [7, 11) is -1.84. The second kappa shape index (κ2) is 9.11. The van der Waals surface area contributed by atoms with Crippen molar-refractivity contribution in [2.45, 2.75) is 31.2 Å². The van der Waals surface area contributed by atoms with Gasteiger partial charge in [-0.25, -0.2) is 8.42 Å². The highest BCUT2D eigenvalue weighted by molar-refractivity contribution is 7.89. The van der Waals surface area contributed by atoms with Crippen LogP contribution < -0.4 is 5.32 Å². The molecule has 0 saturated carbocycles.